The summed E-state index contributed by atoms with van der Waals surface area (Å²) in [5, 5.41) is 21.6. The Morgan fingerprint density at radius 1 is 0.957 bits per heavy atom. The number of non-ortho nitro benzene ring substituents is 1. The molecule has 0 aromatic heterocycles. The van der Waals surface area contributed by atoms with Gasteiger partial charge in [-0.3, -0.25) is 14.9 Å². The molecule has 7 heteroatoms. The first-order valence-electron chi connectivity index (χ1n) is 6.52. The molecule has 0 aliphatic carbocycles. The van der Waals surface area contributed by atoms with Crippen LogP contribution >= 0.6 is 0 Å². The number of anilines is 1. The minimum atomic E-state index is -1.20. The first-order valence-corrected chi connectivity index (χ1v) is 6.52. The molecule has 0 atom stereocenters. The van der Waals surface area contributed by atoms with Gasteiger partial charge in [-0.25, -0.2) is 4.79 Å². The summed E-state index contributed by atoms with van der Waals surface area (Å²) in [5.74, 6) is -1.75. The molecule has 0 unspecified atom stereocenters. The van der Waals surface area contributed by atoms with Crippen molar-refractivity contribution >= 4 is 23.3 Å². The number of hydrogen-bond donors (Lipinski definition) is 2. The van der Waals surface area contributed by atoms with E-state index in [1.165, 1.54) is 12.1 Å². The highest BCUT2D eigenvalue weighted by molar-refractivity contribution is 6.02. The van der Waals surface area contributed by atoms with E-state index >= 15 is 0 Å². The molecule has 0 saturated carbocycles. The Bertz CT molecular complexity index is 764. The normalized spacial score (nSPS) is 10.4. The highest BCUT2D eigenvalue weighted by atomic mass is 16.6. The highest BCUT2D eigenvalue weighted by Gasteiger charge is 2.05. The molecule has 2 rings (SSSR count). The van der Waals surface area contributed by atoms with Crippen LogP contribution in [0.3, 0.4) is 0 Å². The minimum absolute atomic E-state index is 0.0165. The molecule has 0 heterocycles. The topological polar surface area (TPSA) is 110 Å². The van der Waals surface area contributed by atoms with Gasteiger partial charge in [-0.15, -0.1) is 0 Å². The summed E-state index contributed by atoms with van der Waals surface area (Å²) in [5.41, 5.74) is 2.16. The number of aliphatic carboxylic acids is 1. The summed E-state index contributed by atoms with van der Waals surface area (Å²) >= 11 is 0. The molecule has 2 aromatic rings. The Labute approximate surface area is 131 Å². The maximum atomic E-state index is 11.4. The number of nitrogens with one attached hydrogen (secondary N) is 1. The van der Waals surface area contributed by atoms with Gasteiger partial charge in [-0.05, 0) is 35.4 Å². The Kier molecular flexibility index (Phi) is 4.83. The number of rotatable bonds is 5. The molecule has 116 valence electrons. The lowest BCUT2D eigenvalue weighted by Crippen LogP contribution is -2.08. The van der Waals surface area contributed by atoms with E-state index in [2.05, 4.69) is 5.32 Å². The monoisotopic (exact) mass is 312 g/mol. The average Bonchev–Trinajstić information content (AvgIpc) is 2.54. The standard InChI is InChI=1S/C16H12N2O5/c19-15(9-10-16(20)21)17-13-5-1-11(2-6-13)12-3-7-14(8-4-12)18(22)23/h1-10H,(H,17,19)(H,20,21). The number of nitro groups is 1. The van der Waals surface area contributed by atoms with Crippen molar-refractivity contribution in [3.05, 3.63) is 70.8 Å². The van der Waals surface area contributed by atoms with Gasteiger partial charge in [0.25, 0.3) is 5.69 Å². The summed E-state index contributed by atoms with van der Waals surface area (Å²) in [7, 11) is 0. The molecule has 2 N–H and O–H groups in total. The zero-order valence-corrected chi connectivity index (χ0v) is 11.8. The van der Waals surface area contributed by atoms with Gasteiger partial charge < -0.3 is 10.4 Å². The maximum absolute atomic E-state index is 11.4. The van der Waals surface area contributed by atoms with Crippen LogP contribution in [0.1, 0.15) is 0 Å². The average molecular weight is 312 g/mol. The Morgan fingerprint density at radius 2 is 1.48 bits per heavy atom. The Hall–Kier alpha value is -3.48. The lowest BCUT2D eigenvalue weighted by atomic mass is 10.1. The van der Waals surface area contributed by atoms with Crippen LogP contribution in [0.25, 0.3) is 11.1 Å². The molecule has 2 aromatic carbocycles. The van der Waals surface area contributed by atoms with Crippen LogP contribution in [0.5, 0.6) is 0 Å². The van der Waals surface area contributed by atoms with Crippen molar-refractivity contribution in [2.75, 3.05) is 5.32 Å². The SMILES string of the molecule is O=C(O)C=CC(=O)Nc1ccc(-c2ccc([N+](=O)[O-])cc2)cc1. The van der Waals surface area contributed by atoms with E-state index in [4.69, 9.17) is 5.11 Å². The van der Waals surface area contributed by atoms with Crippen LogP contribution < -0.4 is 5.32 Å². The summed E-state index contributed by atoms with van der Waals surface area (Å²) in [6.45, 7) is 0. The molecule has 0 aliphatic heterocycles. The predicted octanol–water partition coefficient (Wildman–Crippen LogP) is 2.84. The van der Waals surface area contributed by atoms with E-state index in [-0.39, 0.29) is 5.69 Å². The molecule has 23 heavy (non-hydrogen) atoms. The van der Waals surface area contributed by atoms with Gasteiger partial charge in [-0.2, -0.15) is 0 Å². The first-order chi connectivity index (χ1) is 11.0. The van der Waals surface area contributed by atoms with E-state index in [1.807, 2.05) is 0 Å². The quantitative estimate of drug-likeness (QED) is 0.501. The van der Waals surface area contributed by atoms with Crippen molar-refractivity contribution in [3.8, 4) is 11.1 Å². The second-order valence-corrected chi connectivity index (χ2v) is 4.54. The number of nitro benzene ring substituents is 1. The van der Waals surface area contributed by atoms with Crippen molar-refractivity contribution in [1.82, 2.24) is 0 Å². The van der Waals surface area contributed by atoms with Gasteiger partial charge in [-0.1, -0.05) is 12.1 Å². The van der Waals surface area contributed by atoms with Crippen molar-refractivity contribution < 1.29 is 19.6 Å². The smallest absolute Gasteiger partial charge is 0.328 e. The molecule has 0 spiro atoms. The number of benzene rings is 2. The summed E-state index contributed by atoms with van der Waals surface area (Å²) in [6.07, 6.45) is 1.67. The zero-order chi connectivity index (χ0) is 16.8. The van der Waals surface area contributed by atoms with Gasteiger partial charge in [0.2, 0.25) is 5.91 Å². The molecular weight excluding hydrogens is 300 g/mol. The van der Waals surface area contributed by atoms with E-state index < -0.39 is 16.8 Å². The number of carbonyl (C=O) groups excluding carboxylic acids is 1. The van der Waals surface area contributed by atoms with Gasteiger partial charge >= 0.3 is 5.97 Å². The lowest BCUT2D eigenvalue weighted by Gasteiger charge is -2.05. The molecule has 7 nitrogen and oxygen atoms in total. The third kappa shape index (κ3) is 4.50. The molecule has 0 bridgehead atoms. The van der Waals surface area contributed by atoms with Crippen molar-refractivity contribution in [3.63, 3.8) is 0 Å². The van der Waals surface area contributed by atoms with Crippen LogP contribution in [0, 0.1) is 10.1 Å². The number of carbonyl (C=O) groups is 2. The third-order valence-electron chi connectivity index (χ3n) is 2.94. The van der Waals surface area contributed by atoms with Gasteiger partial charge in [0.05, 0.1) is 4.92 Å². The summed E-state index contributed by atoms with van der Waals surface area (Å²) in [4.78, 5) is 31.9. The first kappa shape index (κ1) is 15.9. The number of nitrogens with zero attached hydrogens (tertiary/aromatic N) is 1. The number of carboxylic acid groups (broad SMARTS) is 1. The fourth-order valence-corrected chi connectivity index (χ4v) is 1.85. The van der Waals surface area contributed by atoms with Crippen LogP contribution in [0.15, 0.2) is 60.7 Å². The maximum Gasteiger partial charge on any atom is 0.328 e. The number of amides is 1. The molecule has 0 radical (unpaired) electrons. The predicted molar refractivity (Wildman–Crippen MR) is 83.9 cm³/mol. The van der Waals surface area contributed by atoms with Crippen molar-refractivity contribution in [1.29, 1.82) is 0 Å². The lowest BCUT2D eigenvalue weighted by molar-refractivity contribution is -0.384. The van der Waals surface area contributed by atoms with Gasteiger partial charge in [0.1, 0.15) is 0 Å². The summed E-state index contributed by atoms with van der Waals surface area (Å²) < 4.78 is 0. The van der Waals surface area contributed by atoms with Crippen LogP contribution in [-0.2, 0) is 9.59 Å². The number of hydrogen-bond acceptors (Lipinski definition) is 4. The van der Waals surface area contributed by atoms with Crippen LogP contribution in [0.4, 0.5) is 11.4 Å². The second kappa shape index (κ2) is 6.99. The molecular formula is C16H12N2O5. The van der Waals surface area contributed by atoms with E-state index in [9.17, 15) is 19.7 Å². The van der Waals surface area contributed by atoms with Crippen LogP contribution in [-0.4, -0.2) is 21.9 Å². The largest absolute Gasteiger partial charge is 0.478 e. The Morgan fingerprint density at radius 3 is 1.96 bits per heavy atom. The third-order valence-corrected chi connectivity index (χ3v) is 2.94. The molecule has 0 saturated heterocycles. The number of carboxylic acids is 1. The zero-order valence-electron chi connectivity index (χ0n) is 11.8. The fraction of sp³-hybridized carbons (Fsp3) is 0. The fourth-order valence-electron chi connectivity index (χ4n) is 1.85. The molecule has 1 amide bonds. The van der Waals surface area contributed by atoms with E-state index in [0.29, 0.717) is 5.69 Å². The van der Waals surface area contributed by atoms with Crippen molar-refractivity contribution in [2.45, 2.75) is 0 Å². The van der Waals surface area contributed by atoms with Crippen molar-refractivity contribution in [2.24, 2.45) is 0 Å². The van der Waals surface area contributed by atoms with Gasteiger partial charge in [0, 0.05) is 30.0 Å². The molecule has 0 fully saturated rings. The Balaban J connectivity index is 2.08. The second-order valence-electron chi connectivity index (χ2n) is 4.54. The summed E-state index contributed by atoms with van der Waals surface area (Å²) in [6, 6.07) is 12.9. The van der Waals surface area contributed by atoms with Crippen LogP contribution in [0.2, 0.25) is 0 Å². The highest BCUT2D eigenvalue weighted by Crippen LogP contribution is 2.23. The van der Waals surface area contributed by atoms with E-state index in [0.717, 1.165) is 23.3 Å². The molecule has 0 aliphatic rings. The minimum Gasteiger partial charge on any atom is -0.478 e. The van der Waals surface area contributed by atoms with E-state index in [1.54, 1.807) is 36.4 Å². The van der Waals surface area contributed by atoms with Gasteiger partial charge in [0.15, 0.2) is 0 Å².